The first-order chi connectivity index (χ1) is 8.29. The molecular formula is C14H18N2O. The maximum absolute atomic E-state index is 5.78. The Morgan fingerprint density at radius 3 is 3.06 bits per heavy atom. The van der Waals surface area contributed by atoms with Crippen molar-refractivity contribution in [1.82, 2.24) is 9.88 Å². The third-order valence-electron chi connectivity index (χ3n) is 3.54. The number of nitrogens with one attached hydrogen (secondary N) is 1. The van der Waals surface area contributed by atoms with Crippen LogP contribution in [0.5, 0.6) is 0 Å². The average molecular weight is 230 g/mol. The largest absolute Gasteiger partial charge is 0.363 e. The zero-order valence-corrected chi connectivity index (χ0v) is 10.4. The van der Waals surface area contributed by atoms with E-state index in [1.54, 1.807) is 0 Å². The summed E-state index contributed by atoms with van der Waals surface area (Å²) in [6.45, 7) is 3.76. The van der Waals surface area contributed by atoms with Gasteiger partial charge in [-0.3, -0.25) is 4.90 Å². The van der Waals surface area contributed by atoms with Gasteiger partial charge in [-0.2, -0.15) is 0 Å². The smallest absolute Gasteiger partial charge is 0.114 e. The maximum Gasteiger partial charge on any atom is 0.114 e. The topological polar surface area (TPSA) is 28.3 Å². The van der Waals surface area contributed by atoms with E-state index in [0.29, 0.717) is 0 Å². The highest BCUT2D eigenvalue weighted by atomic mass is 16.5. The highest BCUT2D eigenvalue weighted by Gasteiger charge is 2.26. The number of benzene rings is 1. The Bertz CT molecular complexity index is 532. The number of aromatic amines is 1. The van der Waals surface area contributed by atoms with Gasteiger partial charge in [-0.1, -0.05) is 18.2 Å². The van der Waals surface area contributed by atoms with Crippen molar-refractivity contribution in [2.45, 2.75) is 26.1 Å². The summed E-state index contributed by atoms with van der Waals surface area (Å²) in [5.41, 5.74) is 4.00. The van der Waals surface area contributed by atoms with Crippen molar-refractivity contribution in [3.05, 3.63) is 35.5 Å². The monoisotopic (exact) mass is 230 g/mol. The number of aromatic nitrogens is 1. The quantitative estimate of drug-likeness (QED) is 0.858. The highest BCUT2D eigenvalue weighted by molar-refractivity contribution is 5.84. The molecule has 1 aromatic carbocycles. The molecule has 0 spiro atoms. The second-order valence-electron chi connectivity index (χ2n) is 4.66. The van der Waals surface area contributed by atoms with Crippen LogP contribution in [0.3, 0.4) is 0 Å². The molecule has 0 fully saturated rings. The zero-order chi connectivity index (χ0) is 11.8. The lowest BCUT2D eigenvalue weighted by molar-refractivity contribution is -0.0518. The lowest BCUT2D eigenvalue weighted by Crippen LogP contribution is -2.39. The highest BCUT2D eigenvalue weighted by Crippen LogP contribution is 2.29. The van der Waals surface area contributed by atoms with Gasteiger partial charge in [0, 0.05) is 36.2 Å². The van der Waals surface area contributed by atoms with Crippen molar-refractivity contribution in [2.24, 2.45) is 0 Å². The minimum Gasteiger partial charge on any atom is -0.363 e. The molecule has 1 aromatic heterocycles. The maximum atomic E-state index is 5.78. The van der Waals surface area contributed by atoms with E-state index in [9.17, 15) is 0 Å². The second kappa shape index (κ2) is 4.17. The van der Waals surface area contributed by atoms with Crippen molar-refractivity contribution >= 4 is 10.9 Å². The molecule has 3 heteroatoms. The second-order valence-corrected chi connectivity index (χ2v) is 4.66. The van der Waals surface area contributed by atoms with Crippen LogP contribution in [-0.2, 0) is 17.7 Å². The van der Waals surface area contributed by atoms with Gasteiger partial charge in [-0.25, -0.2) is 0 Å². The Morgan fingerprint density at radius 1 is 1.41 bits per heavy atom. The van der Waals surface area contributed by atoms with Gasteiger partial charge in [0.15, 0.2) is 0 Å². The first-order valence-electron chi connectivity index (χ1n) is 6.20. The third-order valence-corrected chi connectivity index (χ3v) is 3.54. The first kappa shape index (κ1) is 10.8. The van der Waals surface area contributed by atoms with Crippen LogP contribution < -0.4 is 0 Å². The van der Waals surface area contributed by atoms with Crippen molar-refractivity contribution < 1.29 is 4.74 Å². The Balaban J connectivity index is 2.04. The summed E-state index contributed by atoms with van der Waals surface area (Å²) >= 11 is 0. The minimum absolute atomic E-state index is 0.215. The lowest BCUT2D eigenvalue weighted by Gasteiger charge is -2.32. The van der Waals surface area contributed by atoms with Crippen LogP contribution in [0, 0.1) is 0 Å². The van der Waals surface area contributed by atoms with Crippen LogP contribution in [0.25, 0.3) is 10.9 Å². The summed E-state index contributed by atoms with van der Waals surface area (Å²) < 4.78 is 5.78. The number of H-pyrrole nitrogens is 1. The average Bonchev–Trinajstić information content (AvgIpc) is 2.67. The van der Waals surface area contributed by atoms with E-state index in [4.69, 9.17) is 4.74 Å². The normalized spacial score (nSPS) is 20.7. The van der Waals surface area contributed by atoms with Gasteiger partial charge >= 0.3 is 0 Å². The van der Waals surface area contributed by atoms with Crippen LogP contribution in [-0.4, -0.2) is 29.8 Å². The van der Waals surface area contributed by atoms with Gasteiger partial charge in [-0.15, -0.1) is 0 Å². The summed E-state index contributed by atoms with van der Waals surface area (Å²) in [6.07, 6.45) is 1.19. The Hall–Kier alpha value is -1.32. The van der Waals surface area contributed by atoms with E-state index in [1.807, 2.05) is 0 Å². The van der Waals surface area contributed by atoms with Crippen molar-refractivity contribution in [2.75, 3.05) is 13.7 Å². The fourth-order valence-electron chi connectivity index (χ4n) is 2.68. The van der Waals surface area contributed by atoms with Crippen molar-refractivity contribution in [3.8, 4) is 0 Å². The standard InChI is InChI=1S/C14H18N2O/c1-3-17-14-8-11-10-6-4-5-7-12(10)15-13(11)9-16(14)2/h4-7,14-15H,3,8-9H2,1-2H3. The summed E-state index contributed by atoms with van der Waals surface area (Å²) in [7, 11) is 2.12. The summed E-state index contributed by atoms with van der Waals surface area (Å²) in [6, 6.07) is 8.51. The lowest BCUT2D eigenvalue weighted by atomic mass is 10.0. The molecule has 0 saturated heterocycles. The molecule has 1 unspecified atom stereocenters. The van der Waals surface area contributed by atoms with Crippen LogP contribution >= 0.6 is 0 Å². The summed E-state index contributed by atoms with van der Waals surface area (Å²) in [5, 5.41) is 1.35. The minimum atomic E-state index is 0.215. The first-order valence-corrected chi connectivity index (χ1v) is 6.20. The molecule has 2 heterocycles. The number of hydrogen-bond donors (Lipinski definition) is 1. The molecular weight excluding hydrogens is 212 g/mol. The van der Waals surface area contributed by atoms with Gasteiger partial charge in [0.25, 0.3) is 0 Å². The number of ether oxygens (including phenoxy) is 1. The van der Waals surface area contributed by atoms with Gasteiger partial charge < -0.3 is 9.72 Å². The fourth-order valence-corrected chi connectivity index (χ4v) is 2.68. The van der Waals surface area contributed by atoms with E-state index in [0.717, 1.165) is 19.6 Å². The molecule has 0 amide bonds. The van der Waals surface area contributed by atoms with Crippen molar-refractivity contribution in [3.63, 3.8) is 0 Å². The third kappa shape index (κ3) is 1.75. The fraction of sp³-hybridized carbons (Fsp3) is 0.429. The SMILES string of the molecule is CCOC1Cc2c([nH]c3ccccc23)CN1C. The summed E-state index contributed by atoms with van der Waals surface area (Å²) in [5.74, 6) is 0. The molecule has 90 valence electrons. The zero-order valence-electron chi connectivity index (χ0n) is 10.4. The molecule has 2 aromatic rings. The van der Waals surface area contributed by atoms with Crippen molar-refractivity contribution in [1.29, 1.82) is 0 Å². The number of likely N-dealkylation sites (N-methyl/N-ethyl adjacent to an activating group) is 1. The Labute approximate surface area is 101 Å². The van der Waals surface area contributed by atoms with Crippen LogP contribution in [0.15, 0.2) is 24.3 Å². The van der Waals surface area contributed by atoms with Gasteiger partial charge in [0.2, 0.25) is 0 Å². The van der Waals surface area contributed by atoms with Gasteiger partial charge in [-0.05, 0) is 25.6 Å². The Morgan fingerprint density at radius 2 is 2.24 bits per heavy atom. The molecule has 3 rings (SSSR count). The summed E-state index contributed by atoms with van der Waals surface area (Å²) in [4.78, 5) is 5.78. The molecule has 0 radical (unpaired) electrons. The van der Waals surface area contributed by atoms with Crippen LogP contribution in [0.4, 0.5) is 0 Å². The molecule has 0 aliphatic carbocycles. The molecule has 0 bridgehead atoms. The molecule has 1 atom stereocenters. The predicted octanol–water partition coefficient (Wildman–Crippen LogP) is 2.52. The molecule has 3 nitrogen and oxygen atoms in total. The van der Waals surface area contributed by atoms with E-state index in [-0.39, 0.29) is 6.23 Å². The van der Waals surface area contributed by atoms with E-state index in [2.05, 4.69) is 48.1 Å². The molecule has 1 N–H and O–H groups in total. The number of hydrogen-bond acceptors (Lipinski definition) is 2. The predicted molar refractivity (Wildman–Crippen MR) is 68.9 cm³/mol. The van der Waals surface area contributed by atoms with Gasteiger partial charge in [0.1, 0.15) is 6.23 Å². The van der Waals surface area contributed by atoms with E-state index in [1.165, 1.54) is 22.2 Å². The molecule has 1 aliphatic heterocycles. The number of para-hydroxylation sites is 1. The molecule has 0 saturated carbocycles. The number of fused-ring (bicyclic) bond motifs is 3. The van der Waals surface area contributed by atoms with E-state index >= 15 is 0 Å². The van der Waals surface area contributed by atoms with E-state index < -0.39 is 0 Å². The Kier molecular flexibility index (Phi) is 2.65. The van der Waals surface area contributed by atoms with Crippen LogP contribution in [0.2, 0.25) is 0 Å². The van der Waals surface area contributed by atoms with Crippen LogP contribution in [0.1, 0.15) is 18.2 Å². The number of rotatable bonds is 2. The molecule has 1 aliphatic rings. The van der Waals surface area contributed by atoms with Gasteiger partial charge in [0.05, 0.1) is 0 Å². The molecule has 17 heavy (non-hydrogen) atoms. The number of nitrogens with zero attached hydrogens (tertiary/aromatic N) is 1.